The summed E-state index contributed by atoms with van der Waals surface area (Å²) in [7, 11) is 0. The molecule has 0 fully saturated rings. The van der Waals surface area contributed by atoms with E-state index >= 15 is 0 Å². The van der Waals surface area contributed by atoms with Crippen LogP contribution in [-0.2, 0) is 6.54 Å². The van der Waals surface area contributed by atoms with E-state index < -0.39 is 0 Å². The maximum Gasteiger partial charge on any atom is 0.148 e. The summed E-state index contributed by atoms with van der Waals surface area (Å²) in [5.74, 6) is 0.509. The second-order valence-electron chi connectivity index (χ2n) is 4.35. The van der Waals surface area contributed by atoms with Gasteiger partial charge in [-0.15, -0.1) is 0 Å². The van der Waals surface area contributed by atoms with E-state index in [0.717, 1.165) is 25.9 Å². The summed E-state index contributed by atoms with van der Waals surface area (Å²) in [5, 5.41) is 3.24. The van der Waals surface area contributed by atoms with E-state index in [0.29, 0.717) is 13.2 Å². The van der Waals surface area contributed by atoms with Crippen LogP contribution in [-0.4, -0.2) is 6.61 Å². The first-order valence-electron chi connectivity index (χ1n) is 6.31. The van der Waals surface area contributed by atoms with Crippen molar-refractivity contribution < 1.29 is 9.13 Å². The lowest BCUT2D eigenvalue weighted by molar-refractivity contribution is 0.358. The molecular weight excluding hydrogens is 401 g/mol. The van der Waals surface area contributed by atoms with E-state index in [1.807, 2.05) is 12.1 Å². The van der Waals surface area contributed by atoms with E-state index in [1.165, 1.54) is 12.1 Å². The fraction of sp³-hybridized carbons (Fsp3) is 0.125. The molecule has 2 nitrogen and oxygen atoms in total. The first-order chi connectivity index (χ1) is 10.1. The molecule has 0 spiro atoms. The number of hydrogen-bond acceptors (Lipinski definition) is 2. The fourth-order valence-electron chi connectivity index (χ4n) is 1.77. The highest BCUT2D eigenvalue weighted by atomic mass is 79.9. The molecule has 0 amide bonds. The van der Waals surface area contributed by atoms with Crippen molar-refractivity contribution in [3.05, 3.63) is 69.4 Å². The Balaban J connectivity index is 2.07. The van der Waals surface area contributed by atoms with Crippen LogP contribution < -0.4 is 10.1 Å². The van der Waals surface area contributed by atoms with Crippen molar-refractivity contribution >= 4 is 37.5 Å². The summed E-state index contributed by atoms with van der Waals surface area (Å²) in [5.41, 5.74) is 1.94. The summed E-state index contributed by atoms with van der Waals surface area (Å²) >= 11 is 6.99. The zero-order valence-electron chi connectivity index (χ0n) is 11.2. The van der Waals surface area contributed by atoms with Crippen LogP contribution in [0.3, 0.4) is 0 Å². The largest absolute Gasteiger partial charge is 0.487 e. The molecule has 110 valence electrons. The Bertz CT molecular complexity index is 606. The van der Waals surface area contributed by atoms with Gasteiger partial charge in [0, 0.05) is 12.2 Å². The lowest BCUT2D eigenvalue weighted by atomic mass is 10.2. The van der Waals surface area contributed by atoms with Gasteiger partial charge < -0.3 is 10.1 Å². The average Bonchev–Trinajstić information content (AvgIpc) is 2.46. The number of benzene rings is 2. The molecule has 0 aliphatic carbocycles. The summed E-state index contributed by atoms with van der Waals surface area (Å²) in [4.78, 5) is 0. The van der Waals surface area contributed by atoms with E-state index in [1.54, 1.807) is 18.2 Å². The van der Waals surface area contributed by atoms with Gasteiger partial charge in [-0.3, -0.25) is 0 Å². The quantitative estimate of drug-likeness (QED) is 0.627. The van der Waals surface area contributed by atoms with Crippen LogP contribution in [0.2, 0.25) is 0 Å². The van der Waals surface area contributed by atoms with Crippen molar-refractivity contribution in [3.63, 3.8) is 0 Å². The fourth-order valence-corrected chi connectivity index (χ4v) is 3.28. The highest BCUT2D eigenvalue weighted by Gasteiger charge is 2.08. The molecule has 2 aromatic rings. The number of anilines is 1. The molecule has 5 heteroatoms. The summed E-state index contributed by atoms with van der Waals surface area (Å²) in [6.07, 6.45) is 1.70. The first kappa shape index (κ1) is 16.0. The van der Waals surface area contributed by atoms with E-state index in [-0.39, 0.29) is 5.82 Å². The molecule has 1 N–H and O–H groups in total. The maximum atomic E-state index is 12.8. The number of rotatable bonds is 6. The van der Waals surface area contributed by atoms with Gasteiger partial charge in [0.25, 0.3) is 0 Å². The zero-order chi connectivity index (χ0) is 15.2. The molecule has 0 bridgehead atoms. The van der Waals surface area contributed by atoms with Crippen LogP contribution in [0.25, 0.3) is 0 Å². The van der Waals surface area contributed by atoms with Crippen molar-refractivity contribution in [2.45, 2.75) is 6.54 Å². The molecule has 2 aromatic carbocycles. The Morgan fingerprint density at radius 3 is 2.33 bits per heavy atom. The van der Waals surface area contributed by atoms with Gasteiger partial charge in [-0.2, -0.15) is 0 Å². The van der Waals surface area contributed by atoms with Crippen molar-refractivity contribution in [2.75, 3.05) is 11.9 Å². The normalized spacial score (nSPS) is 10.2. The van der Waals surface area contributed by atoms with Crippen LogP contribution in [0, 0.1) is 5.82 Å². The van der Waals surface area contributed by atoms with Crippen LogP contribution in [0.15, 0.2) is 58.0 Å². The smallest absolute Gasteiger partial charge is 0.148 e. The Kier molecular flexibility index (Phi) is 5.82. The summed E-state index contributed by atoms with van der Waals surface area (Å²) < 4.78 is 20.2. The number of hydrogen-bond donors (Lipinski definition) is 1. The lowest BCUT2D eigenvalue weighted by Crippen LogP contribution is -2.01. The second kappa shape index (κ2) is 7.61. The van der Waals surface area contributed by atoms with Gasteiger partial charge >= 0.3 is 0 Å². The van der Waals surface area contributed by atoms with E-state index in [2.05, 4.69) is 43.8 Å². The zero-order valence-corrected chi connectivity index (χ0v) is 14.4. The Morgan fingerprint density at radius 2 is 1.76 bits per heavy atom. The van der Waals surface area contributed by atoms with E-state index in [4.69, 9.17) is 4.74 Å². The summed E-state index contributed by atoms with van der Waals surface area (Å²) in [6, 6.07) is 10.3. The molecule has 0 aromatic heterocycles. The summed E-state index contributed by atoms with van der Waals surface area (Å²) in [6.45, 7) is 4.71. The van der Waals surface area contributed by atoms with Gasteiger partial charge in [0.15, 0.2) is 0 Å². The minimum Gasteiger partial charge on any atom is -0.487 e. The monoisotopic (exact) mass is 413 g/mol. The van der Waals surface area contributed by atoms with Gasteiger partial charge in [-0.1, -0.05) is 12.7 Å². The minimum absolute atomic E-state index is 0.241. The standard InChI is InChI=1S/C16H14Br2FNO/c1-2-7-21-16-14(17)8-11(9-15(16)18)10-20-13-5-3-12(19)4-6-13/h2-6,8-9,20H,1,7,10H2. The third kappa shape index (κ3) is 4.58. The van der Waals surface area contributed by atoms with Crippen LogP contribution in [0.4, 0.5) is 10.1 Å². The molecule has 0 atom stereocenters. The number of halogens is 3. The molecule has 0 aliphatic rings. The number of ether oxygens (including phenoxy) is 1. The molecule has 0 unspecified atom stereocenters. The van der Waals surface area contributed by atoms with Crippen LogP contribution in [0.1, 0.15) is 5.56 Å². The van der Waals surface area contributed by atoms with Gasteiger partial charge in [0.2, 0.25) is 0 Å². The van der Waals surface area contributed by atoms with Crippen molar-refractivity contribution in [1.82, 2.24) is 0 Å². The maximum absolute atomic E-state index is 12.8. The molecule has 0 saturated heterocycles. The van der Waals surface area contributed by atoms with Crippen LogP contribution >= 0.6 is 31.9 Å². The minimum atomic E-state index is -0.241. The third-order valence-electron chi connectivity index (χ3n) is 2.74. The van der Waals surface area contributed by atoms with Gasteiger partial charge in [-0.25, -0.2) is 4.39 Å². The Hall–Kier alpha value is -1.33. The molecule has 0 aliphatic heterocycles. The molecule has 2 rings (SSSR count). The van der Waals surface area contributed by atoms with Crippen molar-refractivity contribution in [3.8, 4) is 5.75 Å². The average molecular weight is 415 g/mol. The van der Waals surface area contributed by atoms with Crippen molar-refractivity contribution in [2.24, 2.45) is 0 Å². The van der Waals surface area contributed by atoms with Gasteiger partial charge in [0.05, 0.1) is 8.95 Å². The Morgan fingerprint density at radius 1 is 1.14 bits per heavy atom. The molecule has 0 saturated carbocycles. The first-order valence-corrected chi connectivity index (χ1v) is 7.90. The van der Waals surface area contributed by atoms with Crippen molar-refractivity contribution in [1.29, 1.82) is 0 Å². The SMILES string of the molecule is C=CCOc1c(Br)cc(CNc2ccc(F)cc2)cc1Br. The molecule has 21 heavy (non-hydrogen) atoms. The second-order valence-corrected chi connectivity index (χ2v) is 6.06. The third-order valence-corrected chi connectivity index (χ3v) is 3.92. The molecule has 0 radical (unpaired) electrons. The van der Waals surface area contributed by atoms with Gasteiger partial charge in [-0.05, 0) is 73.8 Å². The topological polar surface area (TPSA) is 21.3 Å². The van der Waals surface area contributed by atoms with E-state index in [9.17, 15) is 4.39 Å². The lowest BCUT2D eigenvalue weighted by Gasteiger charge is -2.12. The highest BCUT2D eigenvalue weighted by Crippen LogP contribution is 2.35. The molecule has 0 heterocycles. The van der Waals surface area contributed by atoms with Gasteiger partial charge in [0.1, 0.15) is 18.2 Å². The molecular formula is C16H14Br2FNO. The predicted octanol–water partition coefficient (Wildman–Crippen LogP) is 5.53. The van der Waals surface area contributed by atoms with Crippen LogP contribution in [0.5, 0.6) is 5.75 Å². The predicted molar refractivity (Wildman–Crippen MR) is 91.3 cm³/mol. The highest BCUT2D eigenvalue weighted by molar-refractivity contribution is 9.11. The number of nitrogens with one attached hydrogen (secondary N) is 1. The Labute approximate surface area is 140 Å².